The summed E-state index contributed by atoms with van der Waals surface area (Å²) in [5.74, 6) is 0.615. The Hall–Kier alpha value is -1.04. The normalized spacial score (nSPS) is 23.6. The fourth-order valence-electron chi connectivity index (χ4n) is 1.17. The Morgan fingerprint density at radius 3 is 2.82 bits per heavy atom. The highest BCUT2D eigenvalue weighted by Crippen LogP contribution is 2.17. The van der Waals surface area contributed by atoms with E-state index < -0.39 is 0 Å². The van der Waals surface area contributed by atoms with Crippen LogP contribution in [0.4, 0.5) is 0 Å². The Bertz CT molecular complexity index is 206. The third kappa shape index (κ3) is 2.23. The Morgan fingerprint density at radius 2 is 2.18 bits per heavy atom. The van der Waals surface area contributed by atoms with Crippen molar-refractivity contribution in [2.75, 3.05) is 0 Å². The fourth-order valence-corrected chi connectivity index (χ4v) is 1.17. The number of hydrogen-bond donors (Lipinski definition) is 0. The zero-order valence-corrected chi connectivity index (χ0v) is 6.79. The molecule has 0 spiro atoms. The molecule has 0 saturated heterocycles. The second-order valence-corrected chi connectivity index (χ2v) is 2.78. The van der Waals surface area contributed by atoms with Crippen molar-refractivity contribution in [1.29, 1.82) is 0 Å². The summed E-state index contributed by atoms with van der Waals surface area (Å²) in [6, 6.07) is 0. The molecule has 0 fully saturated rings. The molecule has 0 amide bonds. The molecule has 0 aromatic heterocycles. The minimum Gasteiger partial charge on any atom is -0.103 e. The highest BCUT2D eigenvalue weighted by atomic mass is 14.1. The first-order valence-corrected chi connectivity index (χ1v) is 3.98. The largest absolute Gasteiger partial charge is 0.103 e. The molecule has 0 aromatic carbocycles. The minimum atomic E-state index is 0.615. The highest BCUT2D eigenvalue weighted by Gasteiger charge is 2.02. The van der Waals surface area contributed by atoms with Crippen LogP contribution >= 0.6 is 0 Å². The van der Waals surface area contributed by atoms with Crippen LogP contribution in [0.25, 0.3) is 0 Å². The molecule has 1 atom stereocenters. The Kier molecular flexibility index (Phi) is 2.91. The molecule has 1 unspecified atom stereocenters. The SMILES string of the molecule is C=CC1=CCC(C=C)CC=C1. The van der Waals surface area contributed by atoms with Gasteiger partial charge in [-0.25, -0.2) is 0 Å². The summed E-state index contributed by atoms with van der Waals surface area (Å²) in [4.78, 5) is 0. The van der Waals surface area contributed by atoms with Crippen molar-refractivity contribution in [1.82, 2.24) is 0 Å². The molecule has 0 bridgehead atoms. The summed E-state index contributed by atoms with van der Waals surface area (Å²) in [6.07, 6.45) is 12.6. The summed E-state index contributed by atoms with van der Waals surface area (Å²) in [7, 11) is 0. The van der Waals surface area contributed by atoms with Crippen molar-refractivity contribution in [3.8, 4) is 0 Å². The standard InChI is InChI=1S/C11H14/c1-3-10-6-5-7-11(4-2)9-8-10/h3-6,8,11H,1-2,7,9H2. The predicted octanol–water partition coefficient (Wildman–Crippen LogP) is 3.25. The van der Waals surface area contributed by atoms with Gasteiger partial charge in [-0.15, -0.1) is 6.58 Å². The van der Waals surface area contributed by atoms with Crippen LogP contribution in [0.2, 0.25) is 0 Å². The minimum absolute atomic E-state index is 0.615. The zero-order chi connectivity index (χ0) is 8.10. The molecule has 0 aromatic rings. The van der Waals surface area contributed by atoms with E-state index in [9.17, 15) is 0 Å². The number of rotatable bonds is 2. The monoisotopic (exact) mass is 146 g/mol. The lowest BCUT2D eigenvalue weighted by molar-refractivity contribution is 0.681. The number of allylic oxidation sites excluding steroid dienone is 6. The summed E-state index contributed by atoms with van der Waals surface area (Å²) in [6.45, 7) is 7.52. The van der Waals surface area contributed by atoms with Crippen LogP contribution in [0, 0.1) is 5.92 Å². The maximum absolute atomic E-state index is 3.79. The fraction of sp³-hybridized carbons (Fsp3) is 0.273. The van der Waals surface area contributed by atoms with Crippen LogP contribution in [0.15, 0.2) is 49.1 Å². The molecule has 0 nitrogen and oxygen atoms in total. The first-order valence-electron chi connectivity index (χ1n) is 3.98. The second kappa shape index (κ2) is 3.97. The van der Waals surface area contributed by atoms with Gasteiger partial charge in [-0.3, -0.25) is 0 Å². The molecular formula is C11H14. The van der Waals surface area contributed by atoms with Gasteiger partial charge in [0.25, 0.3) is 0 Å². The molecule has 0 N–H and O–H groups in total. The molecule has 0 saturated carbocycles. The molecule has 58 valence electrons. The van der Waals surface area contributed by atoms with Gasteiger partial charge in [0, 0.05) is 0 Å². The van der Waals surface area contributed by atoms with Crippen molar-refractivity contribution in [2.45, 2.75) is 12.8 Å². The van der Waals surface area contributed by atoms with Gasteiger partial charge in [-0.2, -0.15) is 0 Å². The van der Waals surface area contributed by atoms with E-state index >= 15 is 0 Å². The molecule has 1 rings (SSSR count). The van der Waals surface area contributed by atoms with Crippen LogP contribution in [0.1, 0.15) is 12.8 Å². The summed E-state index contributed by atoms with van der Waals surface area (Å²) in [5.41, 5.74) is 1.23. The maximum Gasteiger partial charge on any atom is -0.0167 e. The Balaban J connectivity index is 2.67. The van der Waals surface area contributed by atoms with Crippen molar-refractivity contribution >= 4 is 0 Å². The van der Waals surface area contributed by atoms with Crippen molar-refractivity contribution in [2.24, 2.45) is 5.92 Å². The summed E-state index contributed by atoms with van der Waals surface area (Å²) in [5, 5.41) is 0. The Labute approximate surface area is 68.6 Å². The van der Waals surface area contributed by atoms with E-state index in [1.165, 1.54) is 5.57 Å². The molecule has 1 aliphatic carbocycles. The lowest BCUT2D eigenvalue weighted by Crippen LogP contribution is -1.89. The van der Waals surface area contributed by atoms with E-state index in [2.05, 4.69) is 31.4 Å². The van der Waals surface area contributed by atoms with Gasteiger partial charge in [0.05, 0.1) is 0 Å². The van der Waals surface area contributed by atoms with Crippen LogP contribution < -0.4 is 0 Å². The molecule has 0 heteroatoms. The van der Waals surface area contributed by atoms with Gasteiger partial charge in [0.1, 0.15) is 0 Å². The van der Waals surface area contributed by atoms with Gasteiger partial charge in [0.2, 0.25) is 0 Å². The van der Waals surface area contributed by atoms with E-state index in [0.29, 0.717) is 5.92 Å². The van der Waals surface area contributed by atoms with E-state index in [4.69, 9.17) is 0 Å². The molecule has 0 radical (unpaired) electrons. The quantitative estimate of drug-likeness (QED) is 0.524. The lowest BCUT2D eigenvalue weighted by Gasteiger charge is -2.02. The van der Waals surface area contributed by atoms with E-state index in [1.807, 2.05) is 12.2 Å². The topological polar surface area (TPSA) is 0 Å². The zero-order valence-electron chi connectivity index (χ0n) is 6.79. The van der Waals surface area contributed by atoms with Crippen LogP contribution in [-0.2, 0) is 0 Å². The maximum atomic E-state index is 3.79. The first kappa shape index (κ1) is 8.06. The first-order chi connectivity index (χ1) is 5.36. The third-order valence-corrected chi connectivity index (χ3v) is 1.97. The summed E-state index contributed by atoms with van der Waals surface area (Å²) >= 11 is 0. The van der Waals surface area contributed by atoms with Gasteiger partial charge in [0.15, 0.2) is 0 Å². The molecule has 11 heavy (non-hydrogen) atoms. The van der Waals surface area contributed by atoms with Gasteiger partial charge < -0.3 is 0 Å². The Morgan fingerprint density at radius 1 is 1.36 bits per heavy atom. The van der Waals surface area contributed by atoms with Crippen molar-refractivity contribution in [3.05, 3.63) is 49.1 Å². The number of hydrogen-bond acceptors (Lipinski definition) is 0. The molecule has 1 aliphatic rings. The molecular weight excluding hydrogens is 132 g/mol. The van der Waals surface area contributed by atoms with E-state index in [1.54, 1.807) is 0 Å². The smallest absolute Gasteiger partial charge is 0.0167 e. The van der Waals surface area contributed by atoms with E-state index in [-0.39, 0.29) is 0 Å². The van der Waals surface area contributed by atoms with Gasteiger partial charge >= 0.3 is 0 Å². The summed E-state index contributed by atoms with van der Waals surface area (Å²) < 4.78 is 0. The van der Waals surface area contributed by atoms with Gasteiger partial charge in [-0.05, 0) is 24.3 Å². The second-order valence-electron chi connectivity index (χ2n) is 2.78. The van der Waals surface area contributed by atoms with Crippen LogP contribution in [-0.4, -0.2) is 0 Å². The predicted molar refractivity (Wildman–Crippen MR) is 50.3 cm³/mol. The van der Waals surface area contributed by atoms with Crippen molar-refractivity contribution < 1.29 is 0 Å². The third-order valence-electron chi connectivity index (χ3n) is 1.97. The van der Waals surface area contributed by atoms with Crippen molar-refractivity contribution in [3.63, 3.8) is 0 Å². The lowest BCUT2D eigenvalue weighted by atomic mass is 10.0. The average molecular weight is 146 g/mol. The molecule has 0 heterocycles. The highest BCUT2D eigenvalue weighted by molar-refractivity contribution is 5.30. The van der Waals surface area contributed by atoms with Gasteiger partial charge in [-0.1, -0.05) is 37.0 Å². The van der Waals surface area contributed by atoms with Crippen LogP contribution in [0.3, 0.4) is 0 Å². The molecule has 0 aliphatic heterocycles. The average Bonchev–Trinajstić information content (AvgIpc) is 2.28. The van der Waals surface area contributed by atoms with E-state index in [0.717, 1.165) is 12.8 Å². The van der Waals surface area contributed by atoms with Crippen LogP contribution in [0.5, 0.6) is 0 Å².